The summed E-state index contributed by atoms with van der Waals surface area (Å²) in [5, 5.41) is 0.916. The van der Waals surface area contributed by atoms with Gasteiger partial charge >= 0.3 is 0 Å². The number of carbonyl (C=O) groups is 2. The van der Waals surface area contributed by atoms with E-state index in [0.29, 0.717) is 17.2 Å². The van der Waals surface area contributed by atoms with E-state index in [1.54, 1.807) is 24.3 Å². The number of rotatable bonds is 2. The fourth-order valence-electron chi connectivity index (χ4n) is 2.61. The van der Waals surface area contributed by atoms with E-state index in [2.05, 4.69) is 15.8 Å². The van der Waals surface area contributed by atoms with Crippen LogP contribution in [0.5, 0.6) is 11.5 Å². The molecule has 7 heteroatoms. The Morgan fingerprint density at radius 1 is 1.00 bits per heavy atom. The number of para-hydroxylation sites is 3. The third-order valence-electron chi connectivity index (χ3n) is 3.87. The Morgan fingerprint density at radius 3 is 2.60 bits per heavy atom. The van der Waals surface area contributed by atoms with Gasteiger partial charge in [-0.1, -0.05) is 30.3 Å². The number of hydrogen-bond donors (Lipinski definition) is 3. The maximum absolute atomic E-state index is 12.2. The molecule has 0 aliphatic carbocycles. The summed E-state index contributed by atoms with van der Waals surface area (Å²) < 4.78 is 11.1. The Bertz CT molecular complexity index is 917. The van der Waals surface area contributed by atoms with Gasteiger partial charge in [0.2, 0.25) is 6.10 Å². The average molecular weight is 337 g/mol. The molecule has 1 unspecified atom stereocenters. The van der Waals surface area contributed by atoms with Crippen LogP contribution in [0.25, 0.3) is 10.9 Å². The maximum Gasteiger partial charge on any atom is 0.286 e. The molecule has 2 heterocycles. The first-order valence-corrected chi connectivity index (χ1v) is 7.77. The van der Waals surface area contributed by atoms with Gasteiger partial charge in [-0.3, -0.25) is 20.4 Å². The molecule has 7 nitrogen and oxygen atoms in total. The summed E-state index contributed by atoms with van der Waals surface area (Å²) in [5.74, 6) is 0.158. The lowest BCUT2D eigenvalue weighted by Gasteiger charge is -2.25. The van der Waals surface area contributed by atoms with Crippen molar-refractivity contribution in [1.82, 2.24) is 15.8 Å². The maximum atomic E-state index is 12.2. The number of ether oxygens (including phenoxy) is 2. The number of hydrogen-bond acceptors (Lipinski definition) is 4. The number of hydrazine groups is 1. The first-order chi connectivity index (χ1) is 12.2. The summed E-state index contributed by atoms with van der Waals surface area (Å²) in [4.78, 5) is 27.3. The van der Waals surface area contributed by atoms with Crippen molar-refractivity contribution in [2.24, 2.45) is 0 Å². The van der Waals surface area contributed by atoms with Crippen LogP contribution in [0, 0.1) is 0 Å². The molecule has 2 aromatic carbocycles. The van der Waals surface area contributed by atoms with Crippen molar-refractivity contribution in [1.29, 1.82) is 0 Å². The van der Waals surface area contributed by atoms with Gasteiger partial charge in [-0.2, -0.15) is 0 Å². The molecule has 4 rings (SSSR count). The Kier molecular flexibility index (Phi) is 3.74. The average Bonchev–Trinajstić information content (AvgIpc) is 3.09. The largest absolute Gasteiger partial charge is 0.485 e. The van der Waals surface area contributed by atoms with Gasteiger partial charge in [0.15, 0.2) is 11.5 Å². The van der Waals surface area contributed by atoms with Gasteiger partial charge in [-0.25, -0.2) is 0 Å². The summed E-state index contributed by atoms with van der Waals surface area (Å²) in [6.45, 7) is 0.0745. The molecule has 1 atom stereocenters. The molecule has 3 aromatic rings. The topological polar surface area (TPSA) is 92.5 Å². The first kappa shape index (κ1) is 15.1. The minimum atomic E-state index is -0.835. The Balaban J connectivity index is 1.38. The molecule has 0 bridgehead atoms. The molecular formula is C18H15N3O4. The number of carbonyl (C=O) groups excluding carboxylic acids is 2. The molecule has 1 aliphatic rings. The quantitative estimate of drug-likeness (QED) is 0.622. The summed E-state index contributed by atoms with van der Waals surface area (Å²) in [6, 6.07) is 16.3. The zero-order valence-electron chi connectivity index (χ0n) is 13.1. The molecule has 0 saturated heterocycles. The SMILES string of the molecule is O=C(NNC(=O)C1COc2ccccc2O1)c1cc2ccccc2[nH]1. The van der Waals surface area contributed by atoms with Crippen LogP contribution >= 0.6 is 0 Å². The van der Waals surface area contributed by atoms with Gasteiger partial charge in [0, 0.05) is 10.9 Å². The summed E-state index contributed by atoms with van der Waals surface area (Å²) in [7, 11) is 0. The van der Waals surface area contributed by atoms with Crippen LogP contribution < -0.4 is 20.3 Å². The number of fused-ring (bicyclic) bond motifs is 2. The second-order valence-corrected chi connectivity index (χ2v) is 5.58. The molecule has 1 aromatic heterocycles. The van der Waals surface area contributed by atoms with Crippen molar-refractivity contribution in [3.63, 3.8) is 0 Å². The van der Waals surface area contributed by atoms with Gasteiger partial charge in [-0.05, 0) is 24.3 Å². The Morgan fingerprint density at radius 2 is 1.76 bits per heavy atom. The van der Waals surface area contributed by atoms with Crippen molar-refractivity contribution >= 4 is 22.7 Å². The van der Waals surface area contributed by atoms with Gasteiger partial charge in [0.05, 0.1) is 0 Å². The van der Waals surface area contributed by atoms with Gasteiger partial charge in [0.25, 0.3) is 11.8 Å². The monoisotopic (exact) mass is 337 g/mol. The fraction of sp³-hybridized carbons (Fsp3) is 0.111. The minimum Gasteiger partial charge on any atom is -0.485 e. The molecule has 0 fully saturated rings. The van der Waals surface area contributed by atoms with E-state index in [0.717, 1.165) is 10.9 Å². The number of benzene rings is 2. The standard InChI is InChI=1S/C18H15N3O4/c22-17(13-9-11-5-1-2-6-12(11)19-13)20-21-18(23)16-10-24-14-7-3-4-8-15(14)25-16/h1-9,16,19H,10H2,(H,20,22)(H,21,23). The molecule has 0 saturated carbocycles. The van der Waals surface area contributed by atoms with Gasteiger partial charge < -0.3 is 14.5 Å². The van der Waals surface area contributed by atoms with Crippen molar-refractivity contribution < 1.29 is 19.1 Å². The minimum absolute atomic E-state index is 0.0745. The Hall–Kier alpha value is -3.48. The number of aromatic nitrogens is 1. The highest BCUT2D eigenvalue weighted by atomic mass is 16.6. The van der Waals surface area contributed by atoms with Crippen molar-refractivity contribution in [3.8, 4) is 11.5 Å². The van der Waals surface area contributed by atoms with Gasteiger partial charge in [-0.15, -0.1) is 0 Å². The number of aromatic amines is 1. The first-order valence-electron chi connectivity index (χ1n) is 7.77. The third-order valence-corrected chi connectivity index (χ3v) is 3.87. The molecule has 1 aliphatic heterocycles. The molecule has 3 N–H and O–H groups in total. The van der Waals surface area contributed by atoms with Crippen molar-refractivity contribution in [3.05, 3.63) is 60.3 Å². The van der Waals surface area contributed by atoms with E-state index in [-0.39, 0.29) is 6.61 Å². The van der Waals surface area contributed by atoms with E-state index in [1.807, 2.05) is 30.3 Å². The highest BCUT2D eigenvalue weighted by molar-refractivity contribution is 5.99. The smallest absolute Gasteiger partial charge is 0.286 e. The number of nitrogens with one attached hydrogen (secondary N) is 3. The second-order valence-electron chi connectivity index (χ2n) is 5.58. The van der Waals surface area contributed by atoms with Crippen LogP contribution in [0.1, 0.15) is 10.5 Å². The lowest BCUT2D eigenvalue weighted by molar-refractivity contribution is -0.131. The molecule has 126 valence electrons. The van der Waals surface area contributed by atoms with Crippen molar-refractivity contribution in [2.75, 3.05) is 6.61 Å². The fourth-order valence-corrected chi connectivity index (χ4v) is 2.61. The van der Waals surface area contributed by atoms with Crippen LogP contribution in [0.3, 0.4) is 0 Å². The predicted molar refractivity (Wildman–Crippen MR) is 90.3 cm³/mol. The van der Waals surface area contributed by atoms with Crippen LogP contribution in [-0.4, -0.2) is 29.5 Å². The van der Waals surface area contributed by atoms with E-state index < -0.39 is 17.9 Å². The number of H-pyrrole nitrogens is 1. The second kappa shape index (κ2) is 6.20. The lowest BCUT2D eigenvalue weighted by atomic mass is 10.2. The zero-order valence-corrected chi connectivity index (χ0v) is 13.1. The van der Waals surface area contributed by atoms with E-state index in [4.69, 9.17) is 9.47 Å². The van der Waals surface area contributed by atoms with E-state index >= 15 is 0 Å². The highest BCUT2D eigenvalue weighted by Crippen LogP contribution is 2.30. The predicted octanol–water partition coefficient (Wildman–Crippen LogP) is 1.77. The Labute approximate surface area is 142 Å². The molecule has 0 spiro atoms. The molecular weight excluding hydrogens is 322 g/mol. The molecule has 0 radical (unpaired) electrons. The van der Waals surface area contributed by atoms with Crippen LogP contribution in [0.4, 0.5) is 0 Å². The zero-order chi connectivity index (χ0) is 17.2. The van der Waals surface area contributed by atoms with Crippen molar-refractivity contribution in [2.45, 2.75) is 6.10 Å². The van der Waals surface area contributed by atoms with E-state index in [1.165, 1.54) is 0 Å². The highest BCUT2D eigenvalue weighted by Gasteiger charge is 2.27. The summed E-state index contributed by atoms with van der Waals surface area (Å²) in [6.07, 6.45) is -0.835. The van der Waals surface area contributed by atoms with Crippen LogP contribution in [0.15, 0.2) is 54.6 Å². The van der Waals surface area contributed by atoms with Crippen LogP contribution in [-0.2, 0) is 4.79 Å². The van der Waals surface area contributed by atoms with E-state index in [9.17, 15) is 9.59 Å². The number of amides is 2. The molecule has 25 heavy (non-hydrogen) atoms. The normalized spacial score (nSPS) is 15.6. The summed E-state index contributed by atoms with van der Waals surface area (Å²) in [5.41, 5.74) is 5.94. The lowest BCUT2D eigenvalue weighted by Crippen LogP contribution is -2.50. The molecule has 2 amide bonds. The third kappa shape index (κ3) is 2.99. The summed E-state index contributed by atoms with van der Waals surface area (Å²) >= 11 is 0. The van der Waals surface area contributed by atoms with Gasteiger partial charge in [0.1, 0.15) is 12.3 Å². The van der Waals surface area contributed by atoms with Crippen LogP contribution in [0.2, 0.25) is 0 Å².